The van der Waals surface area contributed by atoms with E-state index in [9.17, 15) is 14.9 Å². The fourth-order valence-corrected chi connectivity index (χ4v) is 3.77. The van der Waals surface area contributed by atoms with Crippen molar-refractivity contribution in [2.45, 2.75) is 32.6 Å². The number of morpholine rings is 1. The molecule has 1 amide bonds. The van der Waals surface area contributed by atoms with Gasteiger partial charge in [-0.15, -0.1) is 11.3 Å². The van der Waals surface area contributed by atoms with E-state index in [0.29, 0.717) is 11.7 Å². The van der Waals surface area contributed by atoms with Crippen LogP contribution in [-0.2, 0) is 11.3 Å². The summed E-state index contributed by atoms with van der Waals surface area (Å²) in [7, 11) is 0. The summed E-state index contributed by atoms with van der Waals surface area (Å²) in [6.07, 6.45) is 0.352. The molecule has 1 aliphatic heterocycles. The molecular weight excluding hydrogens is 356 g/mol. The van der Waals surface area contributed by atoms with Crippen LogP contribution in [-0.4, -0.2) is 46.0 Å². The molecule has 8 nitrogen and oxygen atoms in total. The molecule has 0 bridgehead atoms. The quantitative estimate of drug-likeness (QED) is 0.636. The lowest BCUT2D eigenvalue weighted by atomic mass is 10.1. The number of amides is 1. The Morgan fingerprint density at radius 3 is 2.77 bits per heavy atom. The molecule has 0 saturated carbocycles. The smallest absolute Gasteiger partial charge is 0.282 e. The summed E-state index contributed by atoms with van der Waals surface area (Å²) < 4.78 is 5.72. The van der Waals surface area contributed by atoms with E-state index in [1.54, 1.807) is 6.07 Å². The highest BCUT2D eigenvalue weighted by Gasteiger charge is 2.23. The van der Waals surface area contributed by atoms with Crippen molar-refractivity contribution in [2.75, 3.05) is 18.4 Å². The van der Waals surface area contributed by atoms with E-state index in [-0.39, 0.29) is 23.5 Å². The van der Waals surface area contributed by atoms with E-state index >= 15 is 0 Å². The van der Waals surface area contributed by atoms with Crippen LogP contribution in [0.1, 0.15) is 29.9 Å². The summed E-state index contributed by atoms with van der Waals surface area (Å²) in [6, 6.07) is 5.86. The first kappa shape index (κ1) is 18.4. The summed E-state index contributed by atoms with van der Waals surface area (Å²) in [5.41, 5.74) is 0.650. The molecule has 26 heavy (non-hydrogen) atoms. The number of anilines is 1. The second-order valence-corrected chi connectivity index (χ2v) is 7.18. The minimum absolute atomic E-state index is 0.0186. The van der Waals surface area contributed by atoms with E-state index in [0.717, 1.165) is 18.8 Å². The lowest BCUT2D eigenvalue weighted by Gasteiger charge is -2.34. The Morgan fingerprint density at radius 2 is 2.08 bits per heavy atom. The van der Waals surface area contributed by atoms with Crippen LogP contribution in [0.5, 0.6) is 0 Å². The van der Waals surface area contributed by atoms with Crippen molar-refractivity contribution >= 4 is 28.1 Å². The Kier molecular flexibility index (Phi) is 5.60. The SMILES string of the molecule is CC1CN(Cc2csc(NC(=O)c3ccccc3[N+](=O)[O-])n2)CC(C)O1. The molecule has 3 rings (SSSR count). The Labute approximate surface area is 154 Å². The molecule has 1 N–H and O–H groups in total. The molecule has 2 unspecified atom stereocenters. The normalized spacial score (nSPS) is 20.7. The summed E-state index contributed by atoms with van der Waals surface area (Å²) in [5, 5.41) is 16.0. The first-order valence-corrected chi connectivity index (χ1v) is 9.17. The van der Waals surface area contributed by atoms with Crippen LogP contribution >= 0.6 is 11.3 Å². The molecule has 2 heterocycles. The number of benzene rings is 1. The van der Waals surface area contributed by atoms with E-state index in [1.807, 2.05) is 19.2 Å². The Balaban J connectivity index is 1.65. The Hall–Kier alpha value is -2.36. The number of carbonyl (C=O) groups excluding carboxylic acids is 1. The monoisotopic (exact) mass is 376 g/mol. The zero-order chi connectivity index (χ0) is 18.7. The topological polar surface area (TPSA) is 97.6 Å². The zero-order valence-corrected chi connectivity index (χ0v) is 15.4. The van der Waals surface area contributed by atoms with Crippen molar-refractivity contribution in [1.29, 1.82) is 0 Å². The molecule has 0 aliphatic carbocycles. The molecule has 0 spiro atoms. The number of para-hydroxylation sites is 1. The number of aromatic nitrogens is 1. The Bertz CT molecular complexity index is 800. The highest BCUT2D eigenvalue weighted by Crippen LogP contribution is 2.22. The van der Waals surface area contributed by atoms with Gasteiger partial charge in [-0.25, -0.2) is 4.98 Å². The molecule has 2 atom stereocenters. The maximum Gasteiger partial charge on any atom is 0.282 e. The van der Waals surface area contributed by atoms with Crippen molar-refractivity contribution in [3.05, 3.63) is 51.0 Å². The number of thiazole rings is 1. The molecule has 1 saturated heterocycles. The maximum atomic E-state index is 12.3. The molecule has 1 aromatic carbocycles. The van der Waals surface area contributed by atoms with Crippen LogP contribution in [0.2, 0.25) is 0 Å². The van der Waals surface area contributed by atoms with Gasteiger partial charge in [0, 0.05) is 31.1 Å². The van der Waals surface area contributed by atoms with Gasteiger partial charge in [0.25, 0.3) is 11.6 Å². The van der Waals surface area contributed by atoms with Gasteiger partial charge in [0.05, 0.1) is 22.8 Å². The van der Waals surface area contributed by atoms with E-state index in [4.69, 9.17) is 4.74 Å². The van der Waals surface area contributed by atoms with Gasteiger partial charge >= 0.3 is 0 Å². The van der Waals surface area contributed by atoms with E-state index in [1.165, 1.54) is 29.5 Å². The molecule has 1 aliphatic rings. The number of nitrogens with zero attached hydrogens (tertiary/aromatic N) is 3. The minimum Gasteiger partial charge on any atom is -0.373 e. The summed E-state index contributed by atoms with van der Waals surface area (Å²) >= 11 is 1.31. The minimum atomic E-state index is -0.567. The largest absolute Gasteiger partial charge is 0.373 e. The van der Waals surface area contributed by atoms with Gasteiger partial charge in [-0.3, -0.25) is 25.1 Å². The number of nitrogens with one attached hydrogen (secondary N) is 1. The number of ether oxygens (including phenoxy) is 1. The molecule has 138 valence electrons. The van der Waals surface area contributed by atoms with Gasteiger partial charge in [-0.1, -0.05) is 12.1 Å². The van der Waals surface area contributed by atoms with Crippen LogP contribution in [0.15, 0.2) is 29.6 Å². The molecule has 2 aromatic rings. The maximum absolute atomic E-state index is 12.3. The van der Waals surface area contributed by atoms with E-state index < -0.39 is 10.8 Å². The van der Waals surface area contributed by atoms with Crippen molar-refractivity contribution in [3.63, 3.8) is 0 Å². The van der Waals surface area contributed by atoms with Crippen molar-refractivity contribution in [1.82, 2.24) is 9.88 Å². The molecular formula is C17H20N4O4S. The molecule has 1 fully saturated rings. The van der Waals surface area contributed by atoms with Crippen LogP contribution in [0.3, 0.4) is 0 Å². The van der Waals surface area contributed by atoms with E-state index in [2.05, 4.69) is 15.2 Å². The third-order valence-corrected chi connectivity index (χ3v) is 4.80. The van der Waals surface area contributed by atoms with Gasteiger partial charge < -0.3 is 4.74 Å². The number of nitro benzene ring substituents is 1. The fraction of sp³-hybridized carbons (Fsp3) is 0.412. The van der Waals surface area contributed by atoms with Crippen molar-refractivity contribution in [3.8, 4) is 0 Å². The average molecular weight is 376 g/mol. The number of nitro groups is 1. The van der Waals surface area contributed by atoms with Gasteiger partial charge in [-0.05, 0) is 19.9 Å². The van der Waals surface area contributed by atoms with Crippen LogP contribution in [0, 0.1) is 10.1 Å². The number of hydrogen-bond donors (Lipinski definition) is 1. The number of carbonyl (C=O) groups is 1. The van der Waals surface area contributed by atoms with Crippen molar-refractivity contribution in [2.24, 2.45) is 0 Å². The standard InChI is InChI=1S/C17H20N4O4S/c1-11-7-20(8-12(2)25-11)9-13-10-26-17(18-13)19-16(22)14-5-3-4-6-15(14)21(23)24/h3-6,10-12H,7-9H2,1-2H3,(H,18,19,22). The summed E-state index contributed by atoms with van der Waals surface area (Å²) in [6.45, 7) is 6.43. The fourth-order valence-electron chi connectivity index (χ4n) is 3.07. The Morgan fingerprint density at radius 1 is 1.38 bits per heavy atom. The second-order valence-electron chi connectivity index (χ2n) is 6.32. The van der Waals surface area contributed by atoms with Gasteiger partial charge in [0.15, 0.2) is 5.13 Å². The lowest BCUT2D eigenvalue weighted by molar-refractivity contribution is -0.385. The van der Waals surface area contributed by atoms with Crippen LogP contribution in [0.4, 0.5) is 10.8 Å². The summed E-state index contributed by atoms with van der Waals surface area (Å²) in [5.74, 6) is -0.535. The highest BCUT2D eigenvalue weighted by molar-refractivity contribution is 7.14. The van der Waals surface area contributed by atoms with Gasteiger partial charge in [-0.2, -0.15) is 0 Å². The lowest BCUT2D eigenvalue weighted by Crippen LogP contribution is -2.44. The predicted octanol–water partition coefficient (Wildman–Crippen LogP) is 2.91. The third-order valence-electron chi connectivity index (χ3n) is 4.00. The van der Waals surface area contributed by atoms with Crippen LogP contribution < -0.4 is 5.32 Å². The highest BCUT2D eigenvalue weighted by atomic mass is 32.1. The first-order valence-electron chi connectivity index (χ1n) is 8.29. The molecule has 9 heteroatoms. The second kappa shape index (κ2) is 7.90. The summed E-state index contributed by atoms with van der Waals surface area (Å²) in [4.78, 5) is 29.5. The zero-order valence-electron chi connectivity index (χ0n) is 14.5. The molecule has 1 aromatic heterocycles. The molecule has 0 radical (unpaired) electrons. The first-order chi connectivity index (χ1) is 12.4. The van der Waals surface area contributed by atoms with Crippen LogP contribution in [0.25, 0.3) is 0 Å². The number of rotatable bonds is 5. The van der Waals surface area contributed by atoms with Gasteiger partial charge in [0.2, 0.25) is 0 Å². The van der Waals surface area contributed by atoms with Crippen molar-refractivity contribution < 1.29 is 14.5 Å². The predicted molar refractivity (Wildman–Crippen MR) is 98.4 cm³/mol. The average Bonchev–Trinajstić information content (AvgIpc) is 3.00. The van der Waals surface area contributed by atoms with Gasteiger partial charge in [0.1, 0.15) is 5.56 Å². The third kappa shape index (κ3) is 4.43. The number of hydrogen-bond acceptors (Lipinski definition) is 7.